The molecular weight excluding hydrogens is 298 g/mol. The van der Waals surface area contributed by atoms with Crippen molar-refractivity contribution in [1.29, 1.82) is 0 Å². The molecule has 0 aliphatic carbocycles. The number of rotatable bonds is 4. The first-order valence-electron chi connectivity index (χ1n) is 8.85. The van der Waals surface area contributed by atoms with Crippen LogP contribution in [0.4, 0.5) is 0 Å². The van der Waals surface area contributed by atoms with Gasteiger partial charge in [-0.05, 0) is 32.3 Å². The zero-order valence-electron chi connectivity index (χ0n) is 14.5. The molecule has 4 nitrogen and oxygen atoms in total. The van der Waals surface area contributed by atoms with Gasteiger partial charge in [-0.3, -0.25) is 4.79 Å². The first-order chi connectivity index (χ1) is 11.7. The Morgan fingerprint density at radius 3 is 2.79 bits per heavy atom. The molecule has 0 N–H and O–H groups in total. The van der Waals surface area contributed by atoms with E-state index in [0.717, 1.165) is 49.4 Å². The molecule has 1 aliphatic heterocycles. The molecule has 0 spiro atoms. The molecule has 24 heavy (non-hydrogen) atoms. The second-order valence-electron chi connectivity index (χ2n) is 6.60. The first-order valence-corrected chi connectivity index (χ1v) is 8.85. The van der Waals surface area contributed by atoms with E-state index in [1.807, 2.05) is 17.2 Å². The van der Waals surface area contributed by atoms with E-state index in [0.29, 0.717) is 12.3 Å². The van der Waals surface area contributed by atoms with Crippen molar-refractivity contribution in [1.82, 2.24) is 14.9 Å². The molecule has 2 aromatic rings. The molecule has 3 rings (SSSR count). The number of likely N-dealkylation sites (tertiary alicyclic amines) is 1. The van der Waals surface area contributed by atoms with Crippen LogP contribution in [0, 0.1) is 6.92 Å². The number of hydrogen-bond donors (Lipinski definition) is 0. The van der Waals surface area contributed by atoms with E-state index in [4.69, 9.17) is 4.98 Å². The standard InChI is InChI=1S/C20H25N3O/c1-3-5-19(24)23-13-4-6-17(14-23)18-11-12-21-20(22-18)16-9-7-15(2)8-10-16/h7-12,17H,3-6,13-14H2,1-2H3/t17-/m0/s1. The third-order valence-corrected chi connectivity index (χ3v) is 4.64. The third kappa shape index (κ3) is 3.81. The van der Waals surface area contributed by atoms with Crippen molar-refractivity contribution in [3.8, 4) is 11.4 Å². The molecule has 0 radical (unpaired) electrons. The number of amides is 1. The molecule has 0 bridgehead atoms. The van der Waals surface area contributed by atoms with Gasteiger partial charge in [0.25, 0.3) is 0 Å². The second kappa shape index (κ2) is 7.56. The first kappa shape index (κ1) is 16.6. The van der Waals surface area contributed by atoms with E-state index >= 15 is 0 Å². The Labute approximate surface area is 143 Å². The summed E-state index contributed by atoms with van der Waals surface area (Å²) in [7, 11) is 0. The van der Waals surface area contributed by atoms with Crippen LogP contribution in [-0.2, 0) is 4.79 Å². The lowest BCUT2D eigenvalue weighted by Gasteiger charge is -2.32. The number of nitrogens with zero attached hydrogens (tertiary/aromatic N) is 3. The average Bonchev–Trinajstić information content (AvgIpc) is 2.63. The van der Waals surface area contributed by atoms with Crippen LogP contribution < -0.4 is 0 Å². The average molecular weight is 323 g/mol. The van der Waals surface area contributed by atoms with Crippen LogP contribution in [0.1, 0.15) is 49.8 Å². The summed E-state index contributed by atoms with van der Waals surface area (Å²) in [6, 6.07) is 10.3. The lowest BCUT2D eigenvalue weighted by atomic mass is 9.94. The van der Waals surface area contributed by atoms with Crippen molar-refractivity contribution in [3.63, 3.8) is 0 Å². The van der Waals surface area contributed by atoms with Crippen LogP contribution in [0.15, 0.2) is 36.5 Å². The maximum absolute atomic E-state index is 12.2. The van der Waals surface area contributed by atoms with Crippen molar-refractivity contribution >= 4 is 5.91 Å². The van der Waals surface area contributed by atoms with Gasteiger partial charge in [0.05, 0.1) is 0 Å². The fraction of sp³-hybridized carbons (Fsp3) is 0.450. The number of aromatic nitrogens is 2. The zero-order valence-corrected chi connectivity index (χ0v) is 14.5. The SMILES string of the molecule is CCCC(=O)N1CCC[C@H](c2ccnc(-c3ccc(C)cc3)n2)C1. The van der Waals surface area contributed by atoms with Gasteiger partial charge in [-0.1, -0.05) is 36.8 Å². The monoisotopic (exact) mass is 323 g/mol. The molecule has 1 atom stereocenters. The van der Waals surface area contributed by atoms with Gasteiger partial charge in [-0.15, -0.1) is 0 Å². The summed E-state index contributed by atoms with van der Waals surface area (Å²) >= 11 is 0. The molecule has 1 aromatic heterocycles. The van der Waals surface area contributed by atoms with Gasteiger partial charge in [0.1, 0.15) is 0 Å². The predicted molar refractivity (Wildman–Crippen MR) is 95.7 cm³/mol. The van der Waals surface area contributed by atoms with Gasteiger partial charge in [-0.2, -0.15) is 0 Å². The third-order valence-electron chi connectivity index (χ3n) is 4.64. The Hall–Kier alpha value is -2.23. The van der Waals surface area contributed by atoms with Crippen molar-refractivity contribution < 1.29 is 4.79 Å². The molecule has 0 saturated carbocycles. The van der Waals surface area contributed by atoms with Crippen LogP contribution in [0.25, 0.3) is 11.4 Å². The molecule has 4 heteroatoms. The Kier molecular flexibility index (Phi) is 5.24. The van der Waals surface area contributed by atoms with Crippen molar-refractivity contribution in [3.05, 3.63) is 47.8 Å². The molecule has 0 unspecified atom stereocenters. The fourth-order valence-corrected chi connectivity index (χ4v) is 3.26. The highest BCUT2D eigenvalue weighted by Gasteiger charge is 2.25. The summed E-state index contributed by atoms with van der Waals surface area (Å²) in [4.78, 5) is 23.4. The minimum atomic E-state index is 0.273. The smallest absolute Gasteiger partial charge is 0.222 e. The Morgan fingerprint density at radius 2 is 2.04 bits per heavy atom. The molecule has 1 aromatic carbocycles. The highest BCUT2D eigenvalue weighted by atomic mass is 16.2. The van der Waals surface area contributed by atoms with E-state index in [2.05, 4.69) is 43.1 Å². The van der Waals surface area contributed by atoms with Crippen LogP contribution in [0.2, 0.25) is 0 Å². The predicted octanol–water partition coefficient (Wildman–Crippen LogP) is 3.96. The molecule has 126 valence electrons. The maximum atomic E-state index is 12.2. The normalized spacial score (nSPS) is 17.8. The number of hydrogen-bond acceptors (Lipinski definition) is 3. The second-order valence-corrected chi connectivity index (χ2v) is 6.60. The van der Waals surface area contributed by atoms with E-state index in [9.17, 15) is 4.79 Å². The summed E-state index contributed by atoms with van der Waals surface area (Å²) < 4.78 is 0. The highest BCUT2D eigenvalue weighted by molar-refractivity contribution is 5.76. The van der Waals surface area contributed by atoms with Gasteiger partial charge in [0.2, 0.25) is 5.91 Å². The Morgan fingerprint density at radius 1 is 1.25 bits per heavy atom. The minimum absolute atomic E-state index is 0.273. The largest absolute Gasteiger partial charge is 0.342 e. The fourth-order valence-electron chi connectivity index (χ4n) is 3.26. The Balaban J connectivity index is 1.78. The summed E-state index contributed by atoms with van der Waals surface area (Å²) in [6.45, 7) is 5.79. The van der Waals surface area contributed by atoms with Gasteiger partial charge in [0.15, 0.2) is 5.82 Å². The summed E-state index contributed by atoms with van der Waals surface area (Å²) in [5, 5.41) is 0. The highest BCUT2D eigenvalue weighted by Crippen LogP contribution is 2.27. The van der Waals surface area contributed by atoms with Gasteiger partial charge >= 0.3 is 0 Å². The quantitative estimate of drug-likeness (QED) is 0.855. The molecule has 2 heterocycles. The molecule has 1 fully saturated rings. The van der Waals surface area contributed by atoms with Crippen molar-refractivity contribution in [2.24, 2.45) is 0 Å². The van der Waals surface area contributed by atoms with Crippen molar-refractivity contribution in [2.75, 3.05) is 13.1 Å². The van der Waals surface area contributed by atoms with Crippen molar-refractivity contribution in [2.45, 2.75) is 45.4 Å². The van der Waals surface area contributed by atoms with Crippen LogP contribution in [0.5, 0.6) is 0 Å². The lowest BCUT2D eigenvalue weighted by molar-refractivity contribution is -0.132. The molecular formula is C20H25N3O. The number of aryl methyl sites for hydroxylation is 1. The van der Waals surface area contributed by atoms with Gasteiger partial charge < -0.3 is 4.90 Å². The molecule has 1 aliphatic rings. The Bertz CT molecular complexity index is 696. The van der Waals surface area contributed by atoms with Crippen LogP contribution >= 0.6 is 0 Å². The summed E-state index contributed by atoms with van der Waals surface area (Å²) in [6.07, 6.45) is 5.52. The number of benzene rings is 1. The van der Waals surface area contributed by atoms with E-state index in [1.165, 1.54) is 5.56 Å². The van der Waals surface area contributed by atoms with Gasteiger partial charge in [0, 0.05) is 42.9 Å². The topological polar surface area (TPSA) is 46.1 Å². The summed E-state index contributed by atoms with van der Waals surface area (Å²) in [5.41, 5.74) is 3.32. The van der Waals surface area contributed by atoms with E-state index < -0.39 is 0 Å². The summed E-state index contributed by atoms with van der Waals surface area (Å²) in [5.74, 6) is 1.35. The zero-order chi connectivity index (χ0) is 16.9. The molecule has 1 saturated heterocycles. The lowest BCUT2D eigenvalue weighted by Crippen LogP contribution is -2.39. The minimum Gasteiger partial charge on any atom is -0.342 e. The number of carbonyl (C=O) groups excluding carboxylic acids is 1. The van der Waals surface area contributed by atoms with E-state index in [-0.39, 0.29) is 5.91 Å². The maximum Gasteiger partial charge on any atom is 0.222 e. The van der Waals surface area contributed by atoms with Crippen LogP contribution in [-0.4, -0.2) is 33.9 Å². The molecule has 1 amide bonds. The van der Waals surface area contributed by atoms with E-state index in [1.54, 1.807) is 0 Å². The number of carbonyl (C=O) groups is 1. The number of piperidine rings is 1. The van der Waals surface area contributed by atoms with Crippen LogP contribution in [0.3, 0.4) is 0 Å². The van der Waals surface area contributed by atoms with Gasteiger partial charge in [-0.25, -0.2) is 9.97 Å².